The van der Waals surface area contributed by atoms with Gasteiger partial charge in [-0.15, -0.1) is 0 Å². The van der Waals surface area contributed by atoms with Gasteiger partial charge in [-0.1, -0.05) is 6.07 Å². The molecule has 7 nitrogen and oxygen atoms in total. The summed E-state index contributed by atoms with van der Waals surface area (Å²) in [5.74, 6) is 0.189. The minimum Gasteiger partial charge on any atom is -0.466 e. The third-order valence-corrected chi connectivity index (χ3v) is 3.20. The van der Waals surface area contributed by atoms with Crippen molar-refractivity contribution in [3.8, 4) is 0 Å². The fourth-order valence-electron chi connectivity index (χ4n) is 2.31. The van der Waals surface area contributed by atoms with Crippen LogP contribution in [0.1, 0.15) is 18.5 Å². The standard InChI is InChI=1S/C13H13N5O2/c1-8-10(12(19)20-2)11(9-4-3-5-14-6-9)18-13(17-8)15-7-16-18/h3-7,11H,1-2H3,(H,15,16,17)/t11-/m1/s1. The molecule has 2 aromatic rings. The monoisotopic (exact) mass is 271 g/mol. The van der Waals surface area contributed by atoms with Crippen LogP contribution in [0, 0.1) is 0 Å². The predicted octanol–water partition coefficient (Wildman–Crippen LogP) is 1.13. The van der Waals surface area contributed by atoms with Crippen molar-refractivity contribution in [1.82, 2.24) is 19.7 Å². The molecule has 0 saturated heterocycles. The molecule has 0 spiro atoms. The molecule has 0 saturated carbocycles. The molecule has 0 unspecified atom stereocenters. The molecule has 0 aliphatic carbocycles. The zero-order valence-electron chi connectivity index (χ0n) is 11.1. The molecule has 2 aromatic heterocycles. The van der Waals surface area contributed by atoms with E-state index in [1.807, 2.05) is 19.1 Å². The number of carbonyl (C=O) groups is 1. The Labute approximate surface area is 115 Å². The van der Waals surface area contributed by atoms with Gasteiger partial charge >= 0.3 is 5.97 Å². The molecule has 7 heteroatoms. The van der Waals surface area contributed by atoms with E-state index in [-0.39, 0.29) is 0 Å². The summed E-state index contributed by atoms with van der Waals surface area (Å²) in [6.07, 6.45) is 4.83. The normalized spacial score (nSPS) is 17.4. The van der Waals surface area contributed by atoms with E-state index in [0.717, 1.165) is 5.56 Å². The number of carbonyl (C=O) groups excluding carboxylic acids is 1. The minimum atomic E-state index is -0.398. The van der Waals surface area contributed by atoms with Crippen LogP contribution in [0.15, 0.2) is 42.1 Å². The van der Waals surface area contributed by atoms with Gasteiger partial charge < -0.3 is 10.1 Å². The van der Waals surface area contributed by atoms with Crippen molar-refractivity contribution >= 4 is 11.9 Å². The van der Waals surface area contributed by atoms with Crippen molar-refractivity contribution < 1.29 is 9.53 Å². The molecule has 1 atom stereocenters. The highest BCUT2D eigenvalue weighted by molar-refractivity contribution is 5.92. The topological polar surface area (TPSA) is 81.9 Å². The van der Waals surface area contributed by atoms with E-state index in [2.05, 4.69) is 20.4 Å². The number of rotatable bonds is 2. The summed E-state index contributed by atoms with van der Waals surface area (Å²) in [7, 11) is 1.36. The SMILES string of the molecule is COC(=O)C1=C(C)Nc2ncnn2[C@@H]1c1cccnc1. The molecule has 0 amide bonds. The lowest BCUT2D eigenvalue weighted by atomic mass is 9.97. The first kappa shape index (κ1) is 12.3. The second-order valence-corrected chi connectivity index (χ2v) is 4.37. The molecule has 0 bridgehead atoms. The highest BCUT2D eigenvalue weighted by Crippen LogP contribution is 2.34. The van der Waals surface area contributed by atoms with Crippen molar-refractivity contribution in [3.05, 3.63) is 47.7 Å². The van der Waals surface area contributed by atoms with Crippen LogP contribution >= 0.6 is 0 Å². The number of methoxy groups -OCH3 is 1. The highest BCUT2D eigenvalue weighted by atomic mass is 16.5. The highest BCUT2D eigenvalue weighted by Gasteiger charge is 2.33. The van der Waals surface area contributed by atoms with Gasteiger partial charge in [-0.3, -0.25) is 4.98 Å². The number of allylic oxidation sites excluding steroid dienone is 1. The number of pyridine rings is 1. The predicted molar refractivity (Wildman–Crippen MR) is 70.7 cm³/mol. The average molecular weight is 271 g/mol. The van der Waals surface area contributed by atoms with E-state index in [1.54, 1.807) is 17.1 Å². The van der Waals surface area contributed by atoms with Crippen molar-refractivity contribution in [2.45, 2.75) is 13.0 Å². The Kier molecular flexibility index (Phi) is 2.94. The van der Waals surface area contributed by atoms with Crippen molar-refractivity contribution in [2.75, 3.05) is 12.4 Å². The van der Waals surface area contributed by atoms with Gasteiger partial charge in [0.2, 0.25) is 5.95 Å². The Bertz CT molecular complexity index is 677. The van der Waals surface area contributed by atoms with Gasteiger partial charge in [0.25, 0.3) is 0 Å². The molecule has 1 aliphatic heterocycles. The summed E-state index contributed by atoms with van der Waals surface area (Å²) in [6.45, 7) is 1.81. The first-order valence-corrected chi connectivity index (χ1v) is 6.08. The van der Waals surface area contributed by atoms with Gasteiger partial charge in [0.15, 0.2) is 0 Å². The minimum absolute atomic E-state index is 0.394. The molecular weight excluding hydrogens is 258 g/mol. The Balaban J connectivity index is 2.19. The summed E-state index contributed by atoms with van der Waals surface area (Å²) in [5, 5.41) is 7.24. The van der Waals surface area contributed by atoms with E-state index in [0.29, 0.717) is 17.2 Å². The summed E-state index contributed by atoms with van der Waals surface area (Å²) in [6, 6.07) is 3.32. The molecular formula is C13H13N5O2. The summed E-state index contributed by atoms with van der Waals surface area (Å²) in [4.78, 5) is 20.3. The van der Waals surface area contributed by atoms with Crippen molar-refractivity contribution in [3.63, 3.8) is 0 Å². The molecule has 3 rings (SSSR count). The number of anilines is 1. The lowest BCUT2D eigenvalue weighted by molar-refractivity contribution is -0.136. The number of fused-ring (bicyclic) bond motifs is 1. The van der Waals surface area contributed by atoms with Crippen LogP contribution in [0.5, 0.6) is 0 Å². The number of esters is 1. The van der Waals surface area contributed by atoms with E-state index in [9.17, 15) is 4.79 Å². The maximum atomic E-state index is 12.1. The summed E-state index contributed by atoms with van der Waals surface area (Å²) < 4.78 is 6.53. The fourth-order valence-corrected chi connectivity index (χ4v) is 2.31. The molecule has 1 aliphatic rings. The molecule has 102 valence electrons. The third kappa shape index (κ3) is 1.83. The summed E-state index contributed by atoms with van der Waals surface area (Å²) in [5.41, 5.74) is 2.05. The Morgan fingerprint density at radius 3 is 3.05 bits per heavy atom. The van der Waals surface area contributed by atoms with Crippen LogP contribution in [0.25, 0.3) is 0 Å². The number of hydrogen-bond donors (Lipinski definition) is 1. The van der Waals surface area contributed by atoms with Crippen LogP contribution in [0.2, 0.25) is 0 Å². The smallest absolute Gasteiger partial charge is 0.338 e. The Hall–Kier alpha value is -2.70. The summed E-state index contributed by atoms with van der Waals surface area (Å²) >= 11 is 0. The van der Waals surface area contributed by atoms with Gasteiger partial charge in [-0.05, 0) is 18.6 Å². The van der Waals surface area contributed by atoms with Crippen molar-refractivity contribution in [1.29, 1.82) is 0 Å². The second kappa shape index (κ2) is 4.76. The van der Waals surface area contributed by atoms with Crippen LogP contribution in [0.3, 0.4) is 0 Å². The number of nitrogens with zero attached hydrogens (tertiary/aromatic N) is 4. The number of hydrogen-bond acceptors (Lipinski definition) is 6. The quantitative estimate of drug-likeness (QED) is 0.825. The van der Waals surface area contributed by atoms with Gasteiger partial charge in [0, 0.05) is 18.1 Å². The zero-order valence-corrected chi connectivity index (χ0v) is 11.1. The average Bonchev–Trinajstić information content (AvgIpc) is 2.93. The first-order valence-electron chi connectivity index (χ1n) is 6.08. The van der Waals surface area contributed by atoms with E-state index < -0.39 is 12.0 Å². The molecule has 20 heavy (non-hydrogen) atoms. The van der Waals surface area contributed by atoms with E-state index >= 15 is 0 Å². The van der Waals surface area contributed by atoms with E-state index in [4.69, 9.17) is 4.74 Å². The van der Waals surface area contributed by atoms with Gasteiger partial charge in [0.1, 0.15) is 12.4 Å². The Morgan fingerprint density at radius 2 is 2.35 bits per heavy atom. The lowest BCUT2D eigenvalue weighted by Crippen LogP contribution is -2.29. The van der Waals surface area contributed by atoms with Crippen LogP contribution < -0.4 is 5.32 Å². The second-order valence-electron chi connectivity index (χ2n) is 4.37. The van der Waals surface area contributed by atoms with Gasteiger partial charge in [-0.2, -0.15) is 10.1 Å². The lowest BCUT2D eigenvalue weighted by Gasteiger charge is -2.27. The number of ether oxygens (including phenoxy) is 1. The third-order valence-electron chi connectivity index (χ3n) is 3.20. The maximum absolute atomic E-state index is 12.1. The molecule has 1 N–H and O–H groups in total. The Morgan fingerprint density at radius 1 is 1.50 bits per heavy atom. The zero-order chi connectivity index (χ0) is 14.1. The molecule has 0 radical (unpaired) electrons. The van der Waals surface area contributed by atoms with E-state index in [1.165, 1.54) is 13.4 Å². The fraction of sp³-hybridized carbons (Fsp3) is 0.231. The van der Waals surface area contributed by atoms with Gasteiger partial charge in [-0.25, -0.2) is 9.48 Å². The van der Waals surface area contributed by atoms with Crippen molar-refractivity contribution in [2.24, 2.45) is 0 Å². The largest absolute Gasteiger partial charge is 0.466 e. The number of aromatic nitrogens is 4. The molecule has 0 aromatic carbocycles. The van der Waals surface area contributed by atoms with Crippen LogP contribution in [-0.2, 0) is 9.53 Å². The first-order chi connectivity index (χ1) is 9.72. The van der Waals surface area contributed by atoms with Crippen LogP contribution in [-0.4, -0.2) is 32.8 Å². The maximum Gasteiger partial charge on any atom is 0.338 e. The van der Waals surface area contributed by atoms with Gasteiger partial charge in [0.05, 0.1) is 12.7 Å². The number of nitrogens with one attached hydrogen (secondary N) is 1. The molecule has 0 fully saturated rings. The molecule has 3 heterocycles. The van der Waals surface area contributed by atoms with Crippen LogP contribution in [0.4, 0.5) is 5.95 Å².